The van der Waals surface area contributed by atoms with Crippen LogP contribution in [-0.4, -0.2) is 64.5 Å². The van der Waals surface area contributed by atoms with Crippen molar-refractivity contribution in [1.29, 1.82) is 0 Å². The molecule has 5 atom stereocenters. The van der Waals surface area contributed by atoms with Gasteiger partial charge in [-0.3, -0.25) is 18.7 Å². The molecule has 0 bridgehead atoms. The number of phosphoric acid groups is 3. The molecule has 2 heterocycles. The van der Waals surface area contributed by atoms with Crippen LogP contribution in [0.1, 0.15) is 6.23 Å². The largest absolute Gasteiger partial charge is 1.00 e. The normalized spacial score (nSPS) is 24.9. The molecule has 2 rings (SSSR count). The second kappa shape index (κ2) is 13.9. The summed E-state index contributed by atoms with van der Waals surface area (Å²) >= 11 is 0. The van der Waals surface area contributed by atoms with Gasteiger partial charge in [0.05, 0.1) is 14.4 Å². The van der Waals surface area contributed by atoms with Crippen molar-refractivity contribution in [3.05, 3.63) is 33.1 Å². The molecule has 174 valence electrons. The quantitative estimate of drug-likeness (QED) is 0.129. The van der Waals surface area contributed by atoms with Crippen molar-refractivity contribution >= 4 is 23.5 Å². The number of aromatic amines is 1. The fraction of sp³-hybridized carbons (Fsp3) is 0.556. The van der Waals surface area contributed by atoms with Crippen LogP contribution in [0.15, 0.2) is 21.9 Å². The number of ether oxygens (including phenoxy) is 1. The number of rotatable bonds is 6. The molecule has 0 aliphatic carbocycles. The van der Waals surface area contributed by atoms with Crippen molar-refractivity contribution in [2.45, 2.75) is 24.5 Å². The second-order valence-electron chi connectivity index (χ2n) is 5.32. The van der Waals surface area contributed by atoms with E-state index in [1.807, 2.05) is 4.98 Å². The first kappa shape index (κ1) is 35.1. The van der Waals surface area contributed by atoms with Gasteiger partial charge in [-0.05, 0) is 0 Å². The number of H-pyrrole nitrogens is 1. The number of aliphatic hydroxyl groups is 3. The van der Waals surface area contributed by atoms with Gasteiger partial charge >= 0.3 is 80.4 Å². The van der Waals surface area contributed by atoms with Gasteiger partial charge in [-0.2, -0.15) is 4.31 Å². The molecule has 0 radical (unpaired) electrons. The van der Waals surface area contributed by atoms with Crippen LogP contribution in [0.3, 0.4) is 0 Å². The average Bonchev–Trinajstić information content (AvgIpc) is 2.79. The van der Waals surface area contributed by atoms with Gasteiger partial charge in [-0.1, -0.05) is 0 Å². The molecule has 1 aromatic heterocycles. The van der Waals surface area contributed by atoms with Crippen molar-refractivity contribution in [1.82, 2.24) is 9.55 Å². The van der Waals surface area contributed by atoms with Crippen LogP contribution in [0.4, 0.5) is 0 Å². The number of nitrogens with one attached hydrogen (secondary N) is 1. The van der Waals surface area contributed by atoms with Gasteiger partial charge in [0.25, 0.3) is 5.56 Å². The third-order valence-corrected chi connectivity index (χ3v) is 6.36. The third kappa shape index (κ3) is 12.1. The summed E-state index contributed by atoms with van der Waals surface area (Å²) in [6.07, 6.45) is -3.58. The van der Waals surface area contributed by atoms with E-state index in [1.54, 1.807) is 0 Å². The number of aromatic nitrogens is 2. The Morgan fingerprint density at radius 2 is 1.59 bits per heavy atom. The molecule has 0 spiro atoms. The zero-order valence-corrected chi connectivity index (χ0v) is 22.9. The van der Waals surface area contributed by atoms with Crippen LogP contribution < -0.4 is 80.2 Å². The van der Waals surface area contributed by atoms with Gasteiger partial charge in [-0.15, -0.1) is 0 Å². The van der Waals surface area contributed by atoms with Crippen molar-refractivity contribution in [3.63, 3.8) is 0 Å². The van der Waals surface area contributed by atoms with Gasteiger partial charge in [-0.25, -0.2) is 13.9 Å². The van der Waals surface area contributed by atoms with E-state index in [2.05, 4.69) is 8.62 Å². The molecule has 1 unspecified atom stereocenters. The van der Waals surface area contributed by atoms with Crippen molar-refractivity contribution in [2.75, 3.05) is 6.61 Å². The Morgan fingerprint density at radius 3 is 1.97 bits per heavy atom. The Morgan fingerprint density at radius 1 is 1.06 bits per heavy atom. The van der Waals surface area contributed by atoms with Gasteiger partial charge < -0.3 is 49.1 Å². The zero-order valence-electron chi connectivity index (χ0n) is 16.2. The maximum Gasteiger partial charge on any atom is 1.00 e. The Balaban J connectivity index is 0. The summed E-state index contributed by atoms with van der Waals surface area (Å²) in [5, 5.41) is 28.1. The van der Waals surface area contributed by atoms with E-state index in [1.165, 1.54) is 0 Å². The average molecular weight is 546 g/mol. The molecule has 32 heavy (non-hydrogen) atoms. The first-order valence-electron chi connectivity index (χ1n) is 7.23. The first-order chi connectivity index (χ1) is 13.5. The minimum Gasteiger partial charge on any atom is -0.789 e. The van der Waals surface area contributed by atoms with Crippen LogP contribution in [0, 0.1) is 0 Å². The predicted octanol–water partition coefficient (Wildman–Crippen LogP) is -10.8. The molecule has 1 aliphatic rings. The van der Waals surface area contributed by atoms with Crippen molar-refractivity contribution in [3.8, 4) is 0 Å². The topological polar surface area (TPSA) is 301 Å². The fourth-order valence-electron chi connectivity index (χ4n) is 2.01. The molecular weight excluding hydrogens is 531 g/mol. The SMILES string of the molecule is O=P([O-])([O-])OP(=O)(O)OP(=O)(O)O.O=c1ccn([C@@H]2O[C@H](CO)[C@@H](O)[C@H]2O)c(=O)[nH]1.[Na+].[Na+]. The van der Waals surface area contributed by atoms with Crippen molar-refractivity contribution in [2.24, 2.45) is 0 Å². The molecule has 1 aliphatic heterocycles. The molecule has 0 amide bonds. The van der Waals surface area contributed by atoms with Crippen LogP contribution in [0.2, 0.25) is 0 Å². The van der Waals surface area contributed by atoms with Crippen molar-refractivity contribution < 1.29 is 126 Å². The predicted molar refractivity (Wildman–Crippen MR) is 86.0 cm³/mol. The van der Waals surface area contributed by atoms with E-state index in [4.69, 9.17) is 24.5 Å². The van der Waals surface area contributed by atoms with Gasteiger partial charge in [0.1, 0.15) is 18.3 Å². The number of nitrogens with zero attached hydrogens (tertiary/aromatic N) is 1. The molecule has 18 nitrogen and oxygen atoms in total. The molecular formula is C9H15N2Na2O16P3. The van der Waals surface area contributed by atoms with Gasteiger partial charge in [0, 0.05) is 12.3 Å². The summed E-state index contributed by atoms with van der Waals surface area (Å²) in [6, 6.07) is 1.09. The smallest absolute Gasteiger partial charge is 0.789 e. The van der Waals surface area contributed by atoms with E-state index in [0.717, 1.165) is 16.8 Å². The maximum absolute atomic E-state index is 11.4. The minimum absolute atomic E-state index is 0. The van der Waals surface area contributed by atoms with Gasteiger partial charge in [0.15, 0.2) is 6.23 Å². The second-order valence-corrected chi connectivity index (χ2v) is 9.44. The molecule has 1 saturated heterocycles. The maximum atomic E-state index is 11.4. The molecule has 0 saturated carbocycles. The fourth-order valence-corrected chi connectivity index (χ4v) is 4.49. The Kier molecular flexibility index (Phi) is 15.2. The monoisotopic (exact) mass is 546 g/mol. The first-order valence-corrected chi connectivity index (χ1v) is 11.7. The van der Waals surface area contributed by atoms with Crippen LogP contribution in [0.25, 0.3) is 0 Å². The summed E-state index contributed by atoms with van der Waals surface area (Å²) in [5.74, 6) is 0. The Bertz CT molecular complexity index is 959. The molecule has 1 aromatic rings. The zero-order chi connectivity index (χ0) is 23.5. The van der Waals surface area contributed by atoms with E-state index < -0.39 is 65.9 Å². The number of hydrogen-bond donors (Lipinski definition) is 7. The van der Waals surface area contributed by atoms with Crippen LogP contribution >= 0.6 is 23.5 Å². The Hall–Kier alpha value is 0.930. The summed E-state index contributed by atoms with van der Waals surface area (Å²) in [4.78, 5) is 67.8. The number of aliphatic hydroxyl groups excluding tert-OH is 3. The van der Waals surface area contributed by atoms with E-state index in [-0.39, 0.29) is 59.1 Å². The minimum atomic E-state index is -5.85. The van der Waals surface area contributed by atoms with Crippen LogP contribution in [0.5, 0.6) is 0 Å². The molecule has 23 heteroatoms. The van der Waals surface area contributed by atoms with Gasteiger partial charge in [0.2, 0.25) is 0 Å². The van der Waals surface area contributed by atoms with Crippen LogP contribution in [-0.2, 0) is 27.1 Å². The Labute approximate surface area is 221 Å². The molecule has 1 fully saturated rings. The standard InChI is InChI=1S/C9H12N2O6.2Na.H5O10P3/c12-3-4-6(14)7(15)8(17-4)11-2-1-5(13)10-9(11)16;;;1-11(2,3)9-13(7,8)10-12(4,5)6/h1-2,4,6-8,12,14-15H,3H2,(H,10,13,16);;;(H,7,8)(H2,1,2,3)(H2,4,5,6)/q;2*+1;/p-2/t4-,6-,7-,8-;;;/m1.../s1. The molecule has 7 N–H and O–H groups in total. The molecule has 0 aromatic carbocycles. The summed E-state index contributed by atoms with van der Waals surface area (Å²) in [6.45, 7) is -0.479. The van der Waals surface area contributed by atoms with E-state index in [0.29, 0.717) is 0 Å². The van der Waals surface area contributed by atoms with E-state index in [9.17, 15) is 43.3 Å². The third-order valence-electron chi connectivity index (χ3n) is 3.06. The summed E-state index contributed by atoms with van der Waals surface area (Å²) in [7, 11) is -16.9. The summed E-state index contributed by atoms with van der Waals surface area (Å²) < 4.78 is 41.8. The van der Waals surface area contributed by atoms with E-state index >= 15 is 0 Å². The number of hydrogen-bond acceptors (Lipinski definition) is 13. The summed E-state index contributed by atoms with van der Waals surface area (Å²) in [5.41, 5.74) is -1.33.